The van der Waals surface area contributed by atoms with E-state index in [-0.39, 0.29) is 0 Å². The van der Waals surface area contributed by atoms with Gasteiger partial charge >= 0.3 is 0 Å². The third kappa shape index (κ3) is 4.99. The third-order valence-corrected chi connectivity index (χ3v) is 3.40. The number of unbranched alkanes of at least 4 members (excludes halogenated alkanes) is 1. The quantitative estimate of drug-likeness (QED) is 0.646. The average Bonchev–Trinajstić information content (AvgIpc) is 2.33. The molecule has 0 aromatic heterocycles. The lowest BCUT2D eigenvalue weighted by atomic mass is 10.0. The van der Waals surface area contributed by atoms with Crippen LogP contribution in [0.25, 0.3) is 0 Å². The minimum atomic E-state index is 0.660. The minimum absolute atomic E-state index is 0.660. The zero-order chi connectivity index (χ0) is 12.7. The summed E-state index contributed by atoms with van der Waals surface area (Å²) in [6, 6.07) is 5.81. The summed E-state index contributed by atoms with van der Waals surface area (Å²) in [6.07, 6.45) is 4.98. The highest BCUT2D eigenvalue weighted by atomic mass is 35.5. The number of halogens is 1. The van der Waals surface area contributed by atoms with Gasteiger partial charge in [0.1, 0.15) is 5.75 Å². The second-order valence-corrected chi connectivity index (χ2v) is 5.07. The molecule has 96 valence electrons. The lowest BCUT2D eigenvalue weighted by Gasteiger charge is -2.16. The van der Waals surface area contributed by atoms with Gasteiger partial charge in [0, 0.05) is 5.02 Å². The molecule has 1 nitrogen and oxygen atoms in total. The highest BCUT2D eigenvalue weighted by molar-refractivity contribution is 6.30. The summed E-state index contributed by atoms with van der Waals surface area (Å²) in [5.41, 5.74) is 1.15. The first kappa shape index (κ1) is 14.4. The predicted molar refractivity (Wildman–Crippen MR) is 75.0 cm³/mol. The van der Waals surface area contributed by atoms with Crippen molar-refractivity contribution in [2.75, 3.05) is 6.61 Å². The van der Waals surface area contributed by atoms with Crippen molar-refractivity contribution in [2.45, 2.75) is 46.5 Å². The molecule has 0 fully saturated rings. The fourth-order valence-corrected chi connectivity index (χ4v) is 2.00. The maximum Gasteiger partial charge on any atom is 0.123 e. The Kier molecular flexibility index (Phi) is 6.43. The minimum Gasteiger partial charge on any atom is -0.493 e. The van der Waals surface area contributed by atoms with Crippen molar-refractivity contribution >= 4 is 11.6 Å². The molecule has 2 heteroatoms. The van der Waals surface area contributed by atoms with Gasteiger partial charge in [-0.25, -0.2) is 0 Å². The normalized spacial score (nSPS) is 12.5. The first-order valence-corrected chi connectivity index (χ1v) is 6.94. The molecule has 17 heavy (non-hydrogen) atoms. The summed E-state index contributed by atoms with van der Waals surface area (Å²) in [6.45, 7) is 7.32. The molecular weight excluding hydrogens is 232 g/mol. The van der Waals surface area contributed by atoms with Gasteiger partial charge in [0.25, 0.3) is 0 Å². The standard InChI is InChI=1S/C15H23ClO/c1-4-6-7-13(5-2)11-17-15-10-14(16)9-8-12(15)3/h8-10,13H,4-7,11H2,1-3H3. The fraction of sp³-hybridized carbons (Fsp3) is 0.600. The predicted octanol–water partition coefficient (Wildman–Crippen LogP) is 5.24. The topological polar surface area (TPSA) is 9.23 Å². The van der Waals surface area contributed by atoms with Crippen LogP contribution in [0, 0.1) is 12.8 Å². The number of ether oxygens (including phenoxy) is 1. The Morgan fingerprint density at radius 3 is 2.71 bits per heavy atom. The van der Waals surface area contributed by atoms with Crippen molar-refractivity contribution in [1.29, 1.82) is 0 Å². The van der Waals surface area contributed by atoms with E-state index < -0.39 is 0 Å². The van der Waals surface area contributed by atoms with Crippen molar-refractivity contribution in [1.82, 2.24) is 0 Å². The van der Waals surface area contributed by atoms with Gasteiger partial charge < -0.3 is 4.74 Å². The zero-order valence-corrected chi connectivity index (χ0v) is 11.9. The van der Waals surface area contributed by atoms with Gasteiger partial charge in [0.15, 0.2) is 0 Å². The zero-order valence-electron chi connectivity index (χ0n) is 11.1. The van der Waals surface area contributed by atoms with Crippen LogP contribution in [-0.2, 0) is 0 Å². The van der Waals surface area contributed by atoms with Crippen LogP contribution in [0.4, 0.5) is 0 Å². The third-order valence-electron chi connectivity index (χ3n) is 3.17. The lowest BCUT2D eigenvalue weighted by molar-refractivity contribution is 0.232. The number of rotatable bonds is 7. The molecule has 1 aromatic carbocycles. The first-order chi connectivity index (χ1) is 8.17. The van der Waals surface area contributed by atoms with E-state index in [1.165, 1.54) is 25.7 Å². The molecule has 0 aliphatic rings. The number of hydrogen-bond donors (Lipinski definition) is 0. The van der Waals surface area contributed by atoms with Crippen molar-refractivity contribution in [2.24, 2.45) is 5.92 Å². The van der Waals surface area contributed by atoms with E-state index in [9.17, 15) is 0 Å². The van der Waals surface area contributed by atoms with Crippen molar-refractivity contribution in [3.63, 3.8) is 0 Å². The molecule has 0 radical (unpaired) electrons. The number of hydrogen-bond acceptors (Lipinski definition) is 1. The molecule has 0 bridgehead atoms. The molecule has 1 aromatic rings. The van der Waals surface area contributed by atoms with E-state index >= 15 is 0 Å². The van der Waals surface area contributed by atoms with Crippen LogP contribution in [-0.4, -0.2) is 6.61 Å². The molecule has 0 spiro atoms. The SMILES string of the molecule is CCCCC(CC)COc1cc(Cl)ccc1C. The van der Waals surface area contributed by atoms with Crippen LogP contribution in [0.1, 0.15) is 45.1 Å². The van der Waals surface area contributed by atoms with Crippen molar-refractivity contribution in [3.05, 3.63) is 28.8 Å². The molecule has 0 aliphatic heterocycles. The Labute approximate surface area is 110 Å². The highest BCUT2D eigenvalue weighted by Crippen LogP contribution is 2.24. The second-order valence-electron chi connectivity index (χ2n) is 4.64. The molecule has 0 amide bonds. The maximum absolute atomic E-state index is 5.97. The molecule has 0 aliphatic carbocycles. The molecule has 0 heterocycles. The summed E-state index contributed by atoms with van der Waals surface area (Å²) in [5.74, 6) is 1.58. The van der Waals surface area contributed by atoms with E-state index in [1.54, 1.807) is 0 Å². The van der Waals surface area contributed by atoms with Crippen LogP contribution < -0.4 is 4.74 Å². The average molecular weight is 255 g/mol. The summed E-state index contributed by atoms with van der Waals surface area (Å²) >= 11 is 5.97. The van der Waals surface area contributed by atoms with Gasteiger partial charge in [0.05, 0.1) is 6.61 Å². The van der Waals surface area contributed by atoms with Crippen molar-refractivity contribution in [3.8, 4) is 5.75 Å². The highest BCUT2D eigenvalue weighted by Gasteiger charge is 2.08. The van der Waals surface area contributed by atoms with E-state index in [4.69, 9.17) is 16.3 Å². The molecule has 1 unspecified atom stereocenters. The monoisotopic (exact) mass is 254 g/mol. The van der Waals surface area contributed by atoms with Gasteiger partial charge in [-0.2, -0.15) is 0 Å². The van der Waals surface area contributed by atoms with Crippen LogP contribution in [0.3, 0.4) is 0 Å². The molecular formula is C15H23ClO. The van der Waals surface area contributed by atoms with Crippen LogP contribution in [0.2, 0.25) is 5.02 Å². The Bertz CT molecular complexity index is 336. The van der Waals surface area contributed by atoms with E-state index in [2.05, 4.69) is 20.8 Å². The molecule has 1 atom stereocenters. The Hall–Kier alpha value is -0.690. The summed E-state index contributed by atoms with van der Waals surface area (Å²) < 4.78 is 5.88. The van der Waals surface area contributed by atoms with E-state index in [1.807, 2.05) is 18.2 Å². The van der Waals surface area contributed by atoms with Crippen LogP contribution in [0.15, 0.2) is 18.2 Å². The Morgan fingerprint density at radius 2 is 2.06 bits per heavy atom. The van der Waals surface area contributed by atoms with Gasteiger partial charge in [0.2, 0.25) is 0 Å². The smallest absolute Gasteiger partial charge is 0.123 e. The Morgan fingerprint density at radius 1 is 1.29 bits per heavy atom. The fourth-order valence-electron chi connectivity index (χ4n) is 1.84. The number of aryl methyl sites for hydroxylation is 1. The molecule has 0 N–H and O–H groups in total. The number of benzene rings is 1. The Balaban J connectivity index is 2.50. The van der Waals surface area contributed by atoms with Gasteiger partial charge in [-0.1, -0.05) is 50.8 Å². The lowest BCUT2D eigenvalue weighted by Crippen LogP contribution is -2.11. The van der Waals surface area contributed by atoms with E-state index in [0.29, 0.717) is 5.92 Å². The van der Waals surface area contributed by atoms with Crippen LogP contribution >= 0.6 is 11.6 Å². The largest absolute Gasteiger partial charge is 0.493 e. The molecule has 0 saturated heterocycles. The molecule has 1 rings (SSSR count). The van der Waals surface area contributed by atoms with Gasteiger partial charge in [-0.05, 0) is 37.0 Å². The van der Waals surface area contributed by atoms with Crippen LogP contribution in [0.5, 0.6) is 5.75 Å². The molecule has 0 saturated carbocycles. The van der Waals surface area contributed by atoms with E-state index in [0.717, 1.165) is 22.9 Å². The second kappa shape index (κ2) is 7.60. The maximum atomic E-state index is 5.97. The van der Waals surface area contributed by atoms with Gasteiger partial charge in [-0.3, -0.25) is 0 Å². The summed E-state index contributed by atoms with van der Waals surface area (Å²) in [7, 11) is 0. The first-order valence-electron chi connectivity index (χ1n) is 6.56. The van der Waals surface area contributed by atoms with Gasteiger partial charge in [-0.15, -0.1) is 0 Å². The summed E-state index contributed by atoms with van der Waals surface area (Å²) in [4.78, 5) is 0. The van der Waals surface area contributed by atoms with Crippen molar-refractivity contribution < 1.29 is 4.74 Å². The summed E-state index contributed by atoms with van der Waals surface area (Å²) in [5, 5.41) is 0.743.